The molecule has 1 unspecified atom stereocenters. The molecule has 0 N–H and O–H groups in total. The predicted molar refractivity (Wildman–Crippen MR) is 42.8 cm³/mol. The van der Waals surface area contributed by atoms with E-state index >= 15 is 0 Å². The SMILES string of the molecule is FC(F)(F)C(F)(F)C1CCn2nncc2C1. The topological polar surface area (TPSA) is 30.7 Å². The van der Waals surface area contributed by atoms with Crippen molar-refractivity contribution in [3.8, 4) is 0 Å². The predicted octanol–water partition coefficient (Wildman–Crippen LogP) is 2.04. The highest BCUT2D eigenvalue weighted by atomic mass is 19.4. The van der Waals surface area contributed by atoms with Gasteiger partial charge in [-0.05, 0) is 12.8 Å². The molecule has 0 aromatic carbocycles. The summed E-state index contributed by atoms with van der Waals surface area (Å²) in [6, 6.07) is 0. The quantitative estimate of drug-likeness (QED) is 0.704. The van der Waals surface area contributed by atoms with Gasteiger partial charge in [0.1, 0.15) is 0 Å². The fourth-order valence-electron chi connectivity index (χ4n) is 1.80. The molecule has 0 saturated heterocycles. The van der Waals surface area contributed by atoms with E-state index in [1.165, 1.54) is 10.9 Å². The average Bonchev–Trinajstić information content (AvgIpc) is 2.61. The van der Waals surface area contributed by atoms with Gasteiger partial charge in [-0.25, -0.2) is 4.68 Å². The van der Waals surface area contributed by atoms with E-state index in [4.69, 9.17) is 0 Å². The fourth-order valence-corrected chi connectivity index (χ4v) is 1.80. The van der Waals surface area contributed by atoms with Gasteiger partial charge in [-0.15, -0.1) is 5.10 Å². The standard InChI is InChI=1S/C8H8F5N3/c9-7(10,8(11,12)13)5-1-2-16-6(3-5)4-14-15-16/h4-5H,1-3H2. The van der Waals surface area contributed by atoms with Crippen molar-refractivity contribution in [3.63, 3.8) is 0 Å². The summed E-state index contributed by atoms with van der Waals surface area (Å²) in [5, 5.41) is 7.05. The second-order valence-electron chi connectivity index (χ2n) is 3.76. The number of rotatable bonds is 1. The van der Waals surface area contributed by atoms with Crippen LogP contribution in [-0.4, -0.2) is 27.1 Å². The molecule has 1 aliphatic rings. The number of hydrogen-bond acceptors (Lipinski definition) is 2. The van der Waals surface area contributed by atoms with Gasteiger partial charge in [0.2, 0.25) is 0 Å². The second-order valence-corrected chi connectivity index (χ2v) is 3.76. The van der Waals surface area contributed by atoms with E-state index in [-0.39, 0.29) is 19.4 Å². The summed E-state index contributed by atoms with van der Waals surface area (Å²) in [6.45, 7) is 0.0473. The van der Waals surface area contributed by atoms with Crippen LogP contribution < -0.4 is 0 Å². The van der Waals surface area contributed by atoms with Gasteiger partial charge in [-0.1, -0.05) is 5.21 Å². The van der Waals surface area contributed by atoms with E-state index in [2.05, 4.69) is 10.3 Å². The van der Waals surface area contributed by atoms with Gasteiger partial charge >= 0.3 is 12.1 Å². The minimum absolute atomic E-state index is 0.0473. The Bertz CT molecular complexity index is 383. The van der Waals surface area contributed by atoms with Crippen LogP contribution >= 0.6 is 0 Å². The van der Waals surface area contributed by atoms with Crippen molar-refractivity contribution in [1.29, 1.82) is 0 Å². The van der Waals surface area contributed by atoms with Gasteiger partial charge in [-0.3, -0.25) is 0 Å². The molecule has 8 heteroatoms. The summed E-state index contributed by atoms with van der Waals surface area (Å²) in [5.74, 6) is -6.37. The number of hydrogen-bond donors (Lipinski definition) is 0. The first-order valence-electron chi connectivity index (χ1n) is 4.64. The monoisotopic (exact) mass is 241 g/mol. The van der Waals surface area contributed by atoms with Crippen LogP contribution in [0.4, 0.5) is 22.0 Å². The number of halogens is 5. The molecule has 90 valence electrons. The number of alkyl halides is 5. The van der Waals surface area contributed by atoms with E-state index in [0.717, 1.165) is 0 Å². The lowest BCUT2D eigenvalue weighted by Gasteiger charge is -2.31. The van der Waals surface area contributed by atoms with Crippen LogP contribution in [0.25, 0.3) is 0 Å². The molecule has 16 heavy (non-hydrogen) atoms. The van der Waals surface area contributed by atoms with Crippen LogP contribution in [0.5, 0.6) is 0 Å². The first kappa shape index (κ1) is 11.3. The average molecular weight is 241 g/mol. The molecule has 1 aliphatic heterocycles. The third kappa shape index (κ3) is 1.65. The van der Waals surface area contributed by atoms with Crippen LogP contribution in [0.15, 0.2) is 6.20 Å². The molecule has 0 aliphatic carbocycles. The fraction of sp³-hybridized carbons (Fsp3) is 0.750. The number of fused-ring (bicyclic) bond motifs is 1. The zero-order chi connectivity index (χ0) is 12.0. The number of aromatic nitrogens is 3. The van der Waals surface area contributed by atoms with Crippen LogP contribution in [0, 0.1) is 5.92 Å². The van der Waals surface area contributed by atoms with E-state index in [9.17, 15) is 22.0 Å². The Hall–Kier alpha value is -1.21. The Balaban J connectivity index is 2.20. The van der Waals surface area contributed by atoms with E-state index in [1.807, 2.05) is 0 Å². The maximum absolute atomic E-state index is 13.0. The van der Waals surface area contributed by atoms with Crippen molar-refractivity contribution in [2.45, 2.75) is 31.5 Å². The lowest BCUT2D eigenvalue weighted by molar-refractivity contribution is -0.304. The minimum atomic E-state index is -5.49. The summed E-state index contributed by atoms with van der Waals surface area (Å²) < 4.78 is 63.8. The third-order valence-corrected chi connectivity index (χ3v) is 2.73. The van der Waals surface area contributed by atoms with E-state index < -0.39 is 18.0 Å². The Morgan fingerprint density at radius 3 is 2.56 bits per heavy atom. The largest absolute Gasteiger partial charge is 0.453 e. The minimum Gasteiger partial charge on any atom is -0.249 e. The summed E-state index contributed by atoms with van der Waals surface area (Å²) in [5.41, 5.74) is 0.320. The number of aryl methyl sites for hydroxylation is 1. The maximum Gasteiger partial charge on any atom is 0.453 e. The smallest absolute Gasteiger partial charge is 0.249 e. The molecule has 0 saturated carbocycles. The molecular weight excluding hydrogens is 233 g/mol. The number of nitrogens with zero attached hydrogens (tertiary/aromatic N) is 3. The van der Waals surface area contributed by atoms with Crippen molar-refractivity contribution in [2.75, 3.05) is 0 Å². The van der Waals surface area contributed by atoms with Crippen molar-refractivity contribution in [2.24, 2.45) is 5.92 Å². The van der Waals surface area contributed by atoms with Gasteiger partial charge < -0.3 is 0 Å². The molecule has 0 radical (unpaired) electrons. The summed E-state index contributed by atoms with van der Waals surface area (Å²) in [7, 11) is 0. The summed E-state index contributed by atoms with van der Waals surface area (Å²) in [4.78, 5) is 0. The molecule has 3 nitrogen and oxygen atoms in total. The van der Waals surface area contributed by atoms with Crippen molar-refractivity contribution in [3.05, 3.63) is 11.9 Å². The molecule has 0 fully saturated rings. The van der Waals surface area contributed by atoms with Crippen LogP contribution in [0.1, 0.15) is 12.1 Å². The van der Waals surface area contributed by atoms with Gasteiger partial charge in [0.25, 0.3) is 0 Å². The summed E-state index contributed by atoms with van der Waals surface area (Å²) in [6.07, 6.45) is -4.87. The zero-order valence-corrected chi connectivity index (χ0v) is 8.01. The first-order valence-corrected chi connectivity index (χ1v) is 4.64. The van der Waals surface area contributed by atoms with Crippen molar-refractivity contribution in [1.82, 2.24) is 15.0 Å². The molecule has 2 heterocycles. The highest BCUT2D eigenvalue weighted by molar-refractivity contribution is 5.02. The Morgan fingerprint density at radius 2 is 1.94 bits per heavy atom. The van der Waals surface area contributed by atoms with E-state index in [1.54, 1.807) is 0 Å². The van der Waals surface area contributed by atoms with Gasteiger partial charge in [0.05, 0.1) is 11.9 Å². The van der Waals surface area contributed by atoms with Gasteiger partial charge in [0, 0.05) is 12.5 Å². The summed E-state index contributed by atoms with van der Waals surface area (Å²) >= 11 is 0. The van der Waals surface area contributed by atoms with Gasteiger partial charge in [0.15, 0.2) is 0 Å². The Kier molecular flexibility index (Phi) is 2.39. The highest BCUT2D eigenvalue weighted by Gasteiger charge is 2.62. The Morgan fingerprint density at radius 1 is 1.25 bits per heavy atom. The molecule has 0 spiro atoms. The second kappa shape index (κ2) is 3.39. The lowest BCUT2D eigenvalue weighted by atomic mass is 9.90. The van der Waals surface area contributed by atoms with Crippen molar-refractivity contribution < 1.29 is 22.0 Å². The maximum atomic E-state index is 13.0. The van der Waals surface area contributed by atoms with Crippen LogP contribution in [0.3, 0.4) is 0 Å². The molecule has 1 aromatic rings. The first-order chi connectivity index (χ1) is 7.32. The molecular formula is C8H8F5N3. The molecule has 2 rings (SSSR count). The van der Waals surface area contributed by atoms with Crippen LogP contribution in [-0.2, 0) is 13.0 Å². The zero-order valence-electron chi connectivity index (χ0n) is 8.01. The van der Waals surface area contributed by atoms with Crippen LogP contribution in [0.2, 0.25) is 0 Å². The van der Waals surface area contributed by atoms with Crippen molar-refractivity contribution >= 4 is 0 Å². The highest BCUT2D eigenvalue weighted by Crippen LogP contribution is 2.44. The molecule has 1 atom stereocenters. The third-order valence-electron chi connectivity index (χ3n) is 2.73. The van der Waals surface area contributed by atoms with E-state index in [0.29, 0.717) is 5.69 Å². The lowest BCUT2D eigenvalue weighted by Crippen LogP contribution is -2.46. The normalized spacial score (nSPS) is 21.9. The molecule has 0 bridgehead atoms. The van der Waals surface area contributed by atoms with Gasteiger partial charge in [-0.2, -0.15) is 22.0 Å². The Labute approximate surface area is 87.2 Å². The molecule has 1 aromatic heterocycles. The molecule has 0 amide bonds.